The van der Waals surface area contributed by atoms with Crippen LogP contribution < -0.4 is 5.32 Å². The largest absolute Gasteiger partial charge is 0.476 e. The minimum Gasteiger partial charge on any atom is -0.388 e. The number of hydrogen-bond acceptors (Lipinski definition) is 9. The van der Waals surface area contributed by atoms with Crippen molar-refractivity contribution < 1.29 is 55.3 Å². The summed E-state index contributed by atoms with van der Waals surface area (Å²) in [6.07, 6.45) is -12.0. The Hall–Kier alpha value is -2.17. The van der Waals surface area contributed by atoms with Crippen molar-refractivity contribution in [2.45, 2.75) is 54.2 Å². The zero-order chi connectivity index (χ0) is 29.4. The van der Waals surface area contributed by atoms with Gasteiger partial charge in [0.1, 0.15) is 40.8 Å². The average molecular weight is 627 g/mol. The Balaban J connectivity index is 1.99. The smallest absolute Gasteiger partial charge is 0.388 e. The van der Waals surface area contributed by atoms with Crippen LogP contribution in [0.1, 0.15) is 18.2 Å². The van der Waals surface area contributed by atoms with Crippen LogP contribution in [0, 0.1) is 11.3 Å². The van der Waals surface area contributed by atoms with Crippen molar-refractivity contribution in [1.29, 1.82) is 5.26 Å². The molecule has 4 N–H and O–H groups in total. The maximum atomic E-state index is 13.4. The van der Waals surface area contributed by atoms with Crippen molar-refractivity contribution >= 4 is 39.8 Å². The van der Waals surface area contributed by atoms with E-state index in [0.717, 1.165) is 0 Å². The highest BCUT2D eigenvalue weighted by Crippen LogP contribution is 2.41. The molecule has 1 fully saturated rings. The van der Waals surface area contributed by atoms with Crippen LogP contribution in [-0.4, -0.2) is 78.7 Å². The topological polar surface area (TPSA) is 150 Å². The van der Waals surface area contributed by atoms with Crippen LogP contribution in [0.3, 0.4) is 0 Å². The maximum absolute atomic E-state index is 13.4. The highest BCUT2D eigenvalue weighted by atomic mass is 35.5. The summed E-state index contributed by atoms with van der Waals surface area (Å²) in [5, 5.41) is 43.6. The third-order valence-corrected chi connectivity index (χ3v) is 7.14. The molecule has 0 amide bonds. The molecule has 1 aromatic heterocycles. The van der Waals surface area contributed by atoms with E-state index in [4.69, 9.17) is 32.7 Å². The van der Waals surface area contributed by atoms with E-state index in [9.17, 15) is 51.1 Å². The number of nitriles is 1. The molecule has 2 heterocycles. The molecule has 19 heteroatoms. The third kappa shape index (κ3) is 6.60. The van der Waals surface area contributed by atoms with Gasteiger partial charge in [0.2, 0.25) is 0 Å². The Kier molecular flexibility index (Phi) is 9.45. The monoisotopic (exact) mass is 626 g/mol. The van der Waals surface area contributed by atoms with Crippen LogP contribution in [0.5, 0.6) is 0 Å². The first-order valence-corrected chi connectivity index (χ1v) is 12.5. The van der Waals surface area contributed by atoms with Crippen LogP contribution in [0.15, 0.2) is 17.0 Å². The molecule has 6 atom stereocenters. The lowest BCUT2D eigenvalue weighted by Crippen LogP contribution is -2.57. The van der Waals surface area contributed by atoms with E-state index in [2.05, 4.69) is 10.4 Å². The first-order valence-electron chi connectivity index (χ1n) is 10.6. The number of halogens is 8. The van der Waals surface area contributed by atoms with Crippen molar-refractivity contribution in [1.82, 2.24) is 9.78 Å². The Morgan fingerprint density at radius 1 is 1.15 bits per heavy atom. The fourth-order valence-corrected chi connectivity index (χ4v) is 4.99. The van der Waals surface area contributed by atoms with Crippen molar-refractivity contribution in [2.75, 3.05) is 18.5 Å². The number of benzene rings is 1. The van der Waals surface area contributed by atoms with Gasteiger partial charge >= 0.3 is 11.7 Å². The normalized spacial score (nSPS) is 24.8. The van der Waals surface area contributed by atoms with E-state index in [1.807, 2.05) is 0 Å². The number of hydrogen-bond donors (Lipinski definition) is 4. The van der Waals surface area contributed by atoms with Gasteiger partial charge in [0.25, 0.3) is 0 Å². The summed E-state index contributed by atoms with van der Waals surface area (Å²) >= 11 is 11.9. The molecular formula is C20H18Cl2F6N4O6S. The highest BCUT2D eigenvalue weighted by Gasteiger charge is 2.44. The first-order chi connectivity index (χ1) is 18.0. The van der Waals surface area contributed by atoms with Gasteiger partial charge in [0, 0.05) is 6.54 Å². The van der Waals surface area contributed by atoms with Gasteiger partial charge in [-0.1, -0.05) is 23.2 Å². The Labute approximate surface area is 228 Å². The fraction of sp³-hybridized carbons (Fsp3) is 0.500. The maximum Gasteiger partial charge on any atom is 0.476 e. The van der Waals surface area contributed by atoms with Gasteiger partial charge in [-0.2, -0.15) is 36.7 Å². The lowest BCUT2D eigenvalue weighted by atomic mass is 10.0. The average Bonchev–Trinajstić information content (AvgIpc) is 3.19. The molecule has 1 saturated heterocycles. The summed E-state index contributed by atoms with van der Waals surface area (Å²) in [5.74, 6) is -0.747. The van der Waals surface area contributed by atoms with E-state index in [0.29, 0.717) is 16.8 Å². The van der Waals surface area contributed by atoms with E-state index in [1.165, 1.54) is 13.0 Å². The quantitative estimate of drug-likeness (QED) is 0.269. The van der Waals surface area contributed by atoms with E-state index in [-0.39, 0.29) is 0 Å². The molecule has 0 spiro atoms. The zero-order valence-corrected chi connectivity index (χ0v) is 21.6. The first kappa shape index (κ1) is 31.4. The number of rotatable bonds is 7. The van der Waals surface area contributed by atoms with Crippen LogP contribution in [0.4, 0.5) is 32.2 Å². The van der Waals surface area contributed by atoms with Gasteiger partial charge < -0.3 is 30.1 Å². The number of ether oxygens (including phenoxy) is 2. The van der Waals surface area contributed by atoms with Gasteiger partial charge in [-0.15, -0.1) is 0 Å². The van der Waals surface area contributed by atoms with Crippen LogP contribution in [0.2, 0.25) is 10.0 Å². The number of anilines is 1. The number of nitrogens with one attached hydrogen (secondary N) is 1. The number of alkyl halides is 6. The van der Waals surface area contributed by atoms with Crippen molar-refractivity contribution in [3.05, 3.63) is 33.4 Å². The molecule has 216 valence electrons. The van der Waals surface area contributed by atoms with E-state index >= 15 is 0 Å². The van der Waals surface area contributed by atoms with Crippen molar-refractivity contribution in [3.63, 3.8) is 0 Å². The summed E-state index contributed by atoms with van der Waals surface area (Å²) in [4.78, 5) is -1.15. The predicted molar refractivity (Wildman–Crippen MR) is 123 cm³/mol. The number of aromatic nitrogens is 2. The molecule has 0 radical (unpaired) electrons. The van der Waals surface area contributed by atoms with Gasteiger partial charge in [-0.05, 0) is 19.1 Å². The SMILES string of the molecule is C[C@H]1O[C@@H](OCCNc2c(S(=O)C(F)(F)F)c(C#N)nn2-c2c(Cl)cc(C(F)(F)F)cc2Cl)[C@H](O)[C@@H](O)[C@H]1O. The molecular weight excluding hydrogens is 609 g/mol. The number of nitrogens with zero attached hydrogens (tertiary/aromatic N) is 3. The second-order valence-electron chi connectivity index (χ2n) is 8.03. The summed E-state index contributed by atoms with van der Waals surface area (Å²) < 4.78 is 103. The molecule has 39 heavy (non-hydrogen) atoms. The molecule has 2 aromatic rings. The number of aliphatic hydroxyl groups excluding tert-OH is 3. The van der Waals surface area contributed by atoms with E-state index < -0.39 is 104 Å². The summed E-state index contributed by atoms with van der Waals surface area (Å²) in [6.45, 7) is 0.498. The summed E-state index contributed by atoms with van der Waals surface area (Å²) in [5.41, 5.74) is -8.18. The minimum atomic E-state index is -5.37. The van der Waals surface area contributed by atoms with Gasteiger partial charge in [-0.3, -0.25) is 0 Å². The molecule has 0 bridgehead atoms. The second kappa shape index (κ2) is 11.7. The van der Waals surface area contributed by atoms with Crippen molar-refractivity contribution in [3.8, 4) is 11.8 Å². The molecule has 0 aliphatic carbocycles. The van der Waals surface area contributed by atoms with Gasteiger partial charge in [0.05, 0.1) is 28.3 Å². The molecule has 0 saturated carbocycles. The molecule has 1 aliphatic rings. The lowest BCUT2D eigenvalue weighted by Gasteiger charge is -2.38. The Morgan fingerprint density at radius 3 is 2.26 bits per heavy atom. The Morgan fingerprint density at radius 2 is 1.74 bits per heavy atom. The molecule has 3 rings (SSSR count). The Bertz CT molecular complexity index is 1260. The minimum absolute atomic E-state index is 0.436. The van der Waals surface area contributed by atoms with Crippen LogP contribution in [-0.2, 0) is 26.4 Å². The predicted octanol–water partition coefficient (Wildman–Crippen LogP) is 2.95. The summed E-state index contributed by atoms with van der Waals surface area (Å²) in [7, 11) is -3.84. The lowest BCUT2D eigenvalue weighted by molar-refractivity contribution is -0.292. The fourth-order valence-electron chi connectivity index (χ4n) is 3.51. The highest BCUT2D eigenvalue weighted by molar-refractivity contribution is 7.86. The zero-order valence-electron chi connectivity index (χ0n) is 19.3. The van der Waals surface area contributed by atoms with Crippen molar-refractivity contribution in [2.24, 2.45) is 0 Å². The number of aliphatic hydroxyl groups is 3. The second-order valence-corrected chi connectivity index (χ2v) is 10.3. The molecule has 1 aliphatic heterocycles. The molecule has 1 unspecified atom stereocenters. The van der Waals surface area contributed by atoms with Crippen LogP contribution in [0.25, 0.3) is 5.69 Å². The van der Waals surface area contributed by atoms with E-state index in [1.54, 1.807) is 0 Å². The van der Waals surface area contributed by atoms with Crippen LogP contribution >= 0.6 is 23.2 Å². The third-order valence-electron chi connectivity index (χ3n) is 5.38. The molecule has 1 aromatic carbocycles. The standard InChI is InChI=1S/C20H18Cl2F6N4O6S/c1-7-13(33)14(34)15(35)18(38-7)37-3-2-30-17-16(39(36)20(26,27)28)11(6-29)31-32(17)12-9(21)4-8(5-10(12)22)19(23,24)25/h4-5,7,13-15,18,30,33-35H,2-3H2,1H3/t7-,13+,14+,15-,18-,39?/m1/s1. The van der Waals surface area contributed by atoms with Gasteiger partial charge in [0.15, 0.2) is 22.8 Å². The van der Waals surface area contributed by atoms with Gasteiger partial charge in [-0.25, -0.2) is 8.89 Å². The summed E-state index contributed by atoms with van der Waals surface area (Å²) in [6, 6.07) is 2.22. The molecule has 10 nitrogen and oxygen atoms in total.